The first-order valence-electron chi connectivity index (χ1n) is 10.1. The highest BCUT2D eigenvalue weighted by Gasteiger charge is 2.41. The van der Waals surface area contributed by atoms with Crippen molar-refractivity contribution in [2.75, 3.05) is 6.54 Å². The number of hydrogen-bond donors (Lipinski definition) is 1. The second-order valence-electron chi connectivity index (χ2n) is 7.50. The summed E-state index contributed by atoms with van der Waals surface area (Å²) in [7, 11) is 0. The van der Waals surface area contributed by atoms with Crippen LogP contribution >= 0.6 is 11.8 Å². The quantitative estimate of drug-likeness (QED) is 0.769. The number of hydrogen-bond acceptors (Lipinski definition) is 4. The van der Waals surface area contributed by atoms with Crippen molar-refractivity contribution in [3.8, 4) is 0 Å². The van der Waals surface area contributed by atoms with Gasteiger partial charge in [0.05, 0.1) is 4.91 Å². The van der Waals surface area contributed by atoms with E-state index in [9.17, 15) is 9.59 Å². The van der Waals surface area contributed by atoms with Crippen LogP contribution in [-0.2, 0) is 16.1 Å². The largest absolute Gasteiger partial charge is 0.350 e. The summed E-state index contributed by atoms with van der Waals surface area (Å²) in [5, 5.41) is 3.29. The van der Waals surface area contributed by atoms with Crippen LogP contribution in [0.3, 0.4) is 0 Å². The van der Waals surface area contributed by atoms with Gasteiger partial charge in [-0.3, -0.25) is 14.6 Å². The number of carbonyl (C=O) groups excluding carboxylic acids is 2. The summed E-state index contributed by atoms with van der Waals surface area (Å²) in [6.45, 7) is 0.525. The lowest BCUT2D eigenvalue weighted by atomic mass is 9.93. The normalized spacial score (nSPS) is 23.0. The minimum absolute atomic E-state index is 0.0291. The fraction of sp³-hybridized carbons (Fsp3) is 0.348. The average molecular weight is 408 g/mol. The Morgan fingerprint density at radius 3 is 2.79 bits per heavy atom. The molecule has 0 radical (unpaired) electrons. The highest BCUT2D eigenvalue weighted by atomic mass is 32.2. The third-order valence-corrected chi connectivity index (χ3v) is 6.84. The lowest BCUT2D eigenvalue weighted by molar-refractivity contribution is -0.135. The first-order chi connectivity index (χ1) is 14.2. The van der Waals surface area contributed by atoms with E-state index in [-0.39, 0.29) is 24.4 Å². The predicted octanol–water partition coefficient (Wildman–Crippen LogP) is 3.63. The molecule has 0 bridgehead atoms. The molecule has 2 aromatic rings. The van der Waals surface area contributed by atoms with Gasteiger partial charge in [0.2, 0.25) is 5.91 Å². The van der Waals surface area contributed by atoms with Crippen LogP contribution in [0.1, 0.15) is 36.8 Å². The summed E-state index contributed by atoms with van der Waals surface area (Å²) >= 11 is 1.69. The maximum Gasteiger partial charge on any atom is 0.261 e. The maximum atomic E-state index is 13.2. The van der Waals surface area contributed by atoms with Gasteiger partial charge in [-0.2, -0.15) is 0 Å². The number of thioether (sulfide) groups is 1. The number of aromatic nitrogens is 1. The van der Waals surface area contributed by atoms with Gasteiger partial charge < -0.3 is 10.2 Å². The van der Waals surface area contributed by atoms with Gasteiger partial charge in [-0.1, -0.05) is 49.2 Å². The van der Waals surface area contributed by atoms with E-state index in [2.05, 4.69) is 10.3 Å². The molecule has 29 heavy (non-hydrogen) atoms. The summed E-state index contributed by atoms with van der Waals surface area (Å²) in [5.41, 5.74) is 1.96. The van der Waals surface area contributed by atoms with Gasteiger partial charge in [0, 0.05) is 30.2 Å². The maximum absolute atomic E-state index is 13.2. The van der Waals surface area contributed by atoms with Crippen molar-refractivity contribution in [3.05, 3.63) is 70.9 Å². The Morgan fingerprint density at radius 2 is 2.00 bits per heavy atom. The molecular formula is C23H25N3O2S. The molecular weight excluding hydrogens is 382 g/mol. The van der Waals surface area contributed by atoms with E-state index < -0.39 is 0 Å². The second kappa shape index (κ2) is 9.27. The summed E-state index contributed by atoms with van der Waals surface area (Å²) < 4.78 is 0. The Hall–Kier alpha value is -2.60. The molecule has 1 aliphatic carbocycles. The van der Waals surface area contributed by atoms with E-state index >= 15 is 0 Å². The number of fused-ring (bicyclic) bond motifs is 1. The third kappa shape index (κ3) is 4.88. The zero-order valence-electron chi connectivity index (χ0n) is 16.3. The van der Waals surface area contributed by atoms with E-state index in [1.165, 1.54) is 6.42 Å². The lowest BCUT2D eigenvalue weighted by Gasteiger charge is -2.43. The number of nitrogens with zero attached hydrogens (tertiary/aromatic N) is 2. The van der Waals surface area contributed by atoms with Crippen molar-refractivity contribution in [2.24, 2.45) is 0 Å². The minimum atomic E-state index is -0.127. The molecule has 2 heterocycles. The third-order valence-electron chi connectivity index (χ3n) is 5.44. The van der Waals surface area contributed by atoms with E-state index in [1.54, 1.807) is 29.1 Å². The van der Waals surface area contributed by atoms with Crippen molar-refractivity contribution >= 4 is 29.7 Å². The molecule has 2 fully saturated rings. The van der Waals surface area contributed by atoms with E-state index in [1.807, 2.05) is 48.5 Å². The Labute approximate surface area is 175 Å². The van der Waals surface area contributed by atoms with Crippen LogP contribution in [0.5, 0.6) is 0 Å². The van der Waals surface area contributed by atoms with Crippen LogP contribution < -0.4 is 5.32 Å². The van der Waals surface area contributed by atoms with Crippen molar-refractivity contribution in [1.29, 1.82) is 0 Å². The monoisotopic (exact) mass is 407 g/mol. The Morgan fingerprint density at radius 1 is 1.17 bits per heavy atom. The average Bonchev–Trinajstić information content (AvgIpc) is 2.76. The molecule has 1 N–H and O–H groups in total. The number of benzene rings is 1. The molecule has 2 atom stereocenters. The van der Waals surface area contributed by atoms with Crippen LogP contribution in [0.4, 0.5) is 0 Å². The number of nitrogens with one attached hydrogen (secondary N) is 1. The molecule has 1 aliphatic heterocycles. The van der Waals surface area contributed by atoms with E-state index in [4.69, 9.17) is 0 Å². The summed E-state index contributed by atoms with van der Waals surface area (Å²) in [5.74, 6) is -0.156. The SMILES string of the molecule is O=C(CN1C(=O)/C(=C/c2ccccc2)SC2CCCCC21)NCc1cccnc1. The standard InChI is InChI=1S/C23H25N3O2S/c27-22(25-15-18-9-6-12-24-14-18)16-26-19-10-4-5-11-20(19)29-21(23(26)28)13-17-7-2-1-3-8-17/h1-3,6-9,12-14,19-20H,4-5,10-11,15-16H2,(H,25,27)/b21-13-. The highest BCUT2D eigenvalue weighted by Crippen LogP contribution is 2.42. The van der Waals surface area contributed by atoms with Crippen LogP contribution in [0.15, 0.2) is 59.8 Å². The van der Waals surface area contributed by atoms with Gasteiger partial charge in [-0.15, -0.1) is 11.8 Å². The zero-order valence-corrected chi connectivity index (χ0v) is 17.1. The number of amides is 2. The molecule has 0 spiro atoms. The molecule has 2 amide bonds. The van der Waals surface area contributed by atoms with Crippen LogP contribution in [0.2, 0.25) is 0 Å². The Bertz CT molecular complexity index is 886. The Balaban J connectivity index is 1.48. The van der Waals surface area contributed by atoms with E-state index in [0.29, 0.717) is 11.8 Å². The van der Waals surface area contributed by atoms with Gasteiger partial charge in [-0.05, 0) is 36.1 Å². The number of rotatable bonds is 5. The summed E-state index contributed by atoms with van der Waals surface area (Å²) in [6, 6.07) is 13.8. The van der Waals surface area contributed by atoms with Crippen molar-refractivity contribution in [1.82, 2.24) is 15.2 Å². The van der Waals surface area contributed by atoms with Crippen LogP contribution in [0.25, 0.3) is 6.08 Å². The second-order valence-corrected chi connectivity index (χ2v) is 8.78. The van der Waals surface area contributed by atoms with Crippen LogP contribution in [0, 0.1) is 0 Å². The molecule has 1 saturated heterocycles. The summed E-state index contributed by atoms with van der Waals surface area (Å²) in [6.07, 6.45) is 9.75. The minimum Gasteiger partial charge on any atom is -0.350 e. The fourth-order valence-electron chi connectivity index (χ4n) is 3.98. The Kier molecular flexibility index (Phi) is 6.30. The van der Waals surface area contributed by atoms with Gasteiger partial charge in [-0.25, -0.2) is 0 Å². The lowest BCUT2D eigenvalue weighted by Crippen LogP contribution is -2.54. The molecule has 150 valence electrons. The molecule has 2 unspecified atom stereocenters. The van der Waals surface area contributed by atoms with Crippen molar-refractivity contribution in [2.45, 2.75) is 43.5 Å². The van der Waals surface area contributed by atoms with Gasteiger partial charge in [0.15, 0.2) is 0 Å². The molecule has 1 aromatic carbocycles. The molecule has 1 saturated carbocycles. The molecule has 1 aromatic heterocycles. The zero-order chi connectivity index (χ0) is 20.1. The van der Waals surface area contributed by atoms with Gasteiger partial charge >= 0.3 is 0 Å². The first-order valence-corrected chi connectivity index (χ1v) is 11.0. The van der Waals surface area contributed by atoms with Crippen molar-refractivity contribution < 1.29 is 9.59 Å². The smallest absolute Gasteiger partial charge is 0.261 e. The molecule has 2 aliphatic rings. The highest BCUT2D eigenvalue weighted by molar-refractivity contribution is 8.04. The molecule has 5 nitrogen and oxygen atoms in total. The van der Waals surface area contributed by atoms with Gasteiger partial charge in [0.25, 0.3) is 5.91 Å². The number of pyridine rings is 1. The van der Waals surface area contributed by atoms with Crippen molar-refractivity contribution in [3.63, 3.8) is 0 Å². The fourth-order valence-corrected chi connectivity index (χ4v) is 5.45. The van der Waals surface area contributed by atoms with E-state index in [0.717, 1.165) is 35.3 Å². The summed E-state index contributed by atoms with van der Waals surface area (Å²) in [4.78, 5) is 32.5. The first kappa shape index (κ1) is 19.7. The van der Waals surface area contributed by atoms with Gasteiger partial charge in [0.1, 0.15) is 6.54 Å². The predicted molar refractivity (Wildman–Crippen MR) is 116 cm³/mol. The number of carbonyl (C=O) groups is 2. The molecule has 6 heteroatoms. The molecule has 4 rings (SSSR count). The topological polar surface area (TPSA) is 62.3 Å². The van der Waals surface area contributed by atoms with Crippen LogP contribution in [-0.4, -0.2) is 39.5 Å².